The fourth-order valence-electron chi connectivity index (χ4n) is 3.84. The molecule has 2 heterocycles. The molecule has 1 fully saturated rings. The molecule has 0 radical (unpaired) electrons. The molecule has 7 nitrogen and oxygen atoms in total. The fourth-order valence-corrected chi connectivity index (χ4v) is 3.84. The number of rotatable bonds is 5. The Morgan fingerprint density at radius 2 is 2.07 bits per heavy atom. The predicted molar refractivity (Wildman–Crippen MR) is 102 cm³/mol. The van der Waals surface area contributed by atoms with Crippen LogP contribution in [0.2, 0.25) is 0 Å². The highest BCUT2D eigenvalue weighted by Crippen LogP contribution is 2.40. The third-order valence-electron chi connectivity index (χ3n) is 5.55. The molecule has 0 spiro atoms. The summed E-state index contributed by atoms with van der Waals surface area (Å²) in [5.74, 6) is 1.89. The second-order valence-electron chi connectivity index (χ2n) is 7.46. The first-order chi connectivity index (χ1) is 13.7. The molecule has 0 saturated heterocycles. The quantitative estimate of drug-likeness (QED) is 0.734. The number of nitrogens with one attached hydrogen (secondary N) is 1. The molecule has 7 heteroatoms. The number of carbonyl (C=O) groups is 1. The van der Waals surface area contributed by atoms with Crippen molar-refractivity contribution >= 4 is 5.91 Å². The van der Waals surface area contributed by atoms with E-state index in [0.717, 1.165) is 60.6 Å². The van der Waals surface area contributed by atoms with Gasteiger partial charge in [-0.05, 0) is 56.4 Å². The molecule has 2 aliphatic rings. The number of aromatic nitrogens is 3. The smallest absolute Gasteiger partial charge is 0.273 e. The minimum Gasteiger partial charge on any atom is -0.497 e. The first-order valence-corrected chi connectivity index (χ1v) is 9.71. The lowest BCUT2D eigenvalue weighted by Crippen LogP contribution is -2.31. The second-order valence-corrected chi connectivity index (χ2v) is 7.46. The van der Waals surface area contributed by atoms with E-state index in [-0.39, 0.29) is 11.9 Å². The maximum absolute atomic E-state index is 12.7. The molecule has 144 valence electrons. The van der Waals surface area contributed by atoms with Gasteiger partial charge in [0.15, 0.2) is 5.69 Å². The van der Waals surface area contributed by atoms with Crippen molar-refractivity contribution in [3.8, 4) is 11.4 Å². The summed E-state index contributed by atoms with van der Waals surface area (Å²) < 4.78 is 12.5. The van der Waals surface area contributed by atoms with Crippen molar-refractivity contribution in [2.24, 2.45) is 0 Å². The topological polar surface area (TPSA) is 82.2 Å². The average molecular weight is 378 g/mol. The van der Waals surface area contributed by atoms with E-state index >= 15 is 0 Å². The van der Waals surface area contributed by atoms with Gasteiger partial charge in [-0.25, -0.2) is 4.68 Å². The summed E-state index contributed by atoms with van der Waals surface area (Å²) in [6.45, 7) is 0. The highest BCUT2D eigenvalue weighted by molar-refractivity contribution is 5.92. The summed E-state index contributed by atoms with van der Waals surface area (Å²) >= 11 is 0. The largest absolute Gasteiger partial charge is 0.497 e. The Balaban J connectivity index is 1.36. The fraction of sp³-hybridized carbons (Fsp3) is 0.381. The lowest BCUT2D eigenvalue weighted by Gasteiger charge is -2.24. The van der Waals surface area contributed by atoms with Crippen LogP contribution in [0.3, 0.4) is 0 Å². The van der Waals surface area contributed by atoms with Gasteiger partial charge in [0.2, 0.25) is 0 Å². The van der Waals surface area contributed by atoms with Gasteiger partial charge in [0.1, 0.15) is 11.5 Å². The van der Waals surface area contributed by atoms with E-state index in [4.69, 9.17) is 9.26 Å². The van der Waals surface area contributed by atoms with E-state index in [1.165, 1.54) is 0 Å². The predicted octanol–water partition coefficient (Wildman–Crippen LogP) is 3.55. The first-order valence-electron chi connectivity index (χ1n) is 9.71. The molecule has 1 amide bonds. The monoisotopic (exact) mass is 378 g/mol. The van der Waals surface area contributed by atoms with Gasteiger partial charge in [-0.3, -0.25) is 4.79 Å². The van der Waals surface area contributed by atoms with Crippen LogP contribution in [0.4, 0.5) is 0 Å². The number of benzene rings is 1. The Bertz CT molecular complexity index is 1000. The standard InChI is InChI=1S/C21H22N4O3/c1-27-15-9-7-14(8-10-15)25-19-4-2-3-17(16(19)12-22-25)23-21(26)18-11-20(28-24-18)13-5-6-13/h7-13,17H,2-6H2,1H3,(H,23,26). The molecule has 5 rings (SSSR count). The summed E-state index contributed by atoms with van der Waals surface area (Å²) in [5.41, 5.74) is 3.55. The van der Waals surface area contributed by atoms with Crippen molar-refractivity contribution in [1.82, 2.24) is 20.3 Å². The molecule has 0 aliphatic heterocycles. The van der Waals surface area contributed by atoms with Crippen LogP contribution in [0.15, 0.2) is 41.1 Å². The number of nitrogens with zero attached hydrogens (tertiary/aromatic N) is 3. The molecule has 28 heavy (non-hydrogen) atoms. The number of ether oxygens (including phenoxy) is 1. The summed E-state index contributed by atoms with van der Waals surface area (Å²) in [4.78, 5) is 12.7. The summed E-state index contributed by atoms with van der Waals surface area (Å²) in [6.07, 6.45) is 6.91. The molecule has 0 bridgehead atoms. The zero-order valence-electron chi connectivity index (χ0n) is 15.7. The normalized spacial score (nSPS) is 18.5. The van der Waals surface area contributed by atoms with Gasteiger partial charge in [0.05, 0.1) is 25.0 Å². The molecule has 1 N–H and O–H groups in total. The van der Waals surface area contributed by atoms with Crippen LogP contribution in [-0.4, -0.2) is 28.0 Å². The summed E-state index contributed by atoms with van der Waals surface area (Å²) in [6, 6.07) is 9.54. The van der Waals surface area contributed by atoms with E-state index in [2.05, 4.69) is 15.6 Å². The number of amides is 1. The number of hydrogen-bond donors (Lipinski definition) is 1. The third-order valence-corrected chi connectivity index (χ3v) is 5.55. The summed E-state index contributed by atoms with van der Waals surface area (Å²) in [5, 5.41) is 11.6. The van der Waals surface area contributed by atoms with Crippen LogP contribution >= 0.6 is 0 Å². The van der Waals surface area contributed by atoms with Gasteiger partial charge in [-0.1, -0.05) is 5.16 Å². The minimum atomic E-state index is -0.189. The molecule has 1 saturated carbocycles. The van der Waals surface area contributed by atoms with E-state index in [9.17, 15) is 4.79 Å². The number of hydrogen-bond acceptors (Lipinski definition) is 5. The molecule has 1 unspecified atom stereocenters. The lowest BCUT2D eigenvalue weighted by atomic mass is 9.92. The van der Waals surface area contributed by atoms with Crippen molar-refractivity contribution < 1.29 is 14.1 Å². The van der Waals surface area contributed by atoms with Crippen LogP contribution in [0.5, 0.6) is 5.75 Å². The minimum absolute atomic E-state index is 0.0654. The van der Waals surface area contributed by atoms with Gasteiger partial charge < -0.3 is 14.6 Å². The van der Waals surface area contributed by atoms with Gasteiger partial charge in [0.25, 0.3) is 5.91 Å². The van der Waals surface area contributed by atoms with Crippen molar-refractivity contribution in [3.05, 3.63) is 59.2 Å². The Kier molecular flexibility index (Phi) is 4.15. The zero-order chi connectivity index (χ0) is 19.1. The maximum Gasteiger partial charge on any atom is 0.273 e. The zero-order valence-corrected chi connectivity index (χ0v) is 15.7. The molecule has 1 aromatic carbocycles. The van der Waals surface area contributed by atoms with Crippen molar-refractivity contribution in [3.63, 3.8) is 0 Å². The summed E-state index contributed by atoms with van der Waals surface area (Å²) in [7, 11) is 1.65. The first kappa shape index (κ1) is 17.0. The van der Waals surface area contributed by atoms with Crippen molar-refractivity contribution in [2.75, 3.05) is 7.11 Å². The van der Waals surface area contributed by atoms with Crippen LogP contribution in [0.25, 0.3) is 5.69 Å². The van der Waals surface area contributed by atoms with Crippen LogP contribution in [-0.2, 0) is 6.42 Å². The van der Waals surface area contributed by atoms with Gasteiger partial charge in [-0.15, -0.1) is 0 Å². The van der Waals surface area contributed by atoms with E-state index in [1.54, 1.807) is 13.2 Å². The Hall–Kier alpha value is -3.09. The number of fused-ring (bicyclic) bond motifs is 1. The molecule has 1 atom stereocenters. The van der Waals surface area contributed by atoms with Crippen LogP contribution in [0, 0.1) is 0 Å². The van der Waals surface area contributed by atoms with E-state index in [1.807, 2.05) is 35.1 Å². The highest BCUT2D eigenvalue weighted by Gasteiger charge is 2.30. The highest BCUT2D eigenvalue weighted by atomic mass is 16.5. The Labute approximate surface area is 162 Å². The van der Waals surface area contributed by atoms with E-state index in [0.29, 0.717) is 11.6 Å². The Morgan fingerprint density at radius 1 is 1.25 bits per heavy atom. The van der Waals surface area contributed by atoms with Gasteiger partial charge >= 0.3 is 0 Å². The number of carbonyl (C=O) groups excluding carboxylic acids is 1. The lowest BCUT2D eigenvalue weighted by molar-refractivity contribution is 0.0923. The van der Waals surface area contributed by atoms with E-state index < -0.39 is 0 Å². The van der Waals surface area contributed by atoms with Crippen LogP contribution in [0.1, 0.15) is 65.1 Å². The maximum atomic E-state index is 12.7. The third kappa shape index (κ3) is 3.06. The van der Waals surface area contributed by atoms with Gasteiger partial charge in [-0.2, -0.15) is 5.10 Å². The molecular formula is C21H22N4O3. The van der Waals surface area contributed by atoms with Gasteiger partial charge in [0, 0.05) is 23.2 Å². The Morgan fingerprint density at radius 3 is 2.82 bits per heavy atom. The SMILES string of the molecule is COc1ccc(-n2ncc3c2CCCC3NC(=O)c2cc(C3CC3)on2)cc1. The molecule has 2 aromatic heterocycles. The molecular weight excluding hydrogens is 356 g/mol. The van der Waals surface area contributed by atoms with Crippen molar-refractivity contribution in [1.29, 1.82) is 0 Å². The second kappa shape index (κ2) is 6.82. The van der Waals surface area contributed by atoms with Crippen LogP contribution < -0.4 is 10.1 Å². The molecule has 2 aliphatic carbocycles. The number of methoxy groups -OCH3 is 1. The van der Waals surface area contributed by atoms with Crippen molar-refractivity contribution in [2.45, 2.75) is 44.1 Å². The molecule has 3 aromatic rings. The average Bonchev–Trinajstić information content (AvgIpc) is 3.29.